The standard InChI is InChI=1S/C13H17N3O5S2/c1-22(18,19)7-3-4-9-5-6-10(12(17)16-13(14)15)8-11(9)23(2,20)21/h3-6,8H,7H2,1-2H3,(H4,14,15,16,17). The van der Waals surface area contributed by atoms with Crippen LogP contribution in [0.15, 0.2) is 34.2 Å². The van der Waals surface area contributed by atoms with Gasteiger partial charge >= 0.3 is 0 Å². The molecule has 1 aromatic rings. The predicted octanol–water partition coefficient (Wildman–Crippen LogP) is -0.438. The van der Waals surface area contributed by atoms with E-state index in [-0.39, 0.29) is 21.8 Å². The molecule has 0 aliphatic rings. The second-order valence-corrected chi connectivity index (χ2v) is 9.03. The summed E-state index contributed by atoms with van der Waals surface area (Å²) >= 11 is 0. The zero-order valence-corrected chi connectivity index (χ0v) is 14.2. The van der Waals surface area contributed by atoms with Crippen LogP contribution in [0.1, 0.15) is 15.9 Å². The third kappa shape index (κ3) is 6.20. The van der Waals surface area contributed by atoms with Crippen LogP contribution in [0.4, 0.5) is 0 Å². The number of benzene rings is 1. The average Bonchev–Trinajstić information content (AvgIpc) is 2.35. The van der Waals surface area contributed by atoms with E-state index in [1.807, 2.05) is 0 Å². The summed E-state index contributed by atoms with van der Waals surface area (Å²) < 4.78 is 45.9. The normalized spacial score (nSPS) is 12.3. The van der Waals surface area contributed by atoms with E-state index in [9.17, 15) is 21.6 Å². The maximum absolute atomic E-state index is 11.9. The van der Waals surface area contributed by atoms with Gasteiger partial charge in [0.15, 0.2) is 25.6 Å². The van der Waals surface area contributed by atoms with E-state index in [4.69, 9.17) is 11.5 Å². The van der Waals surface area contributed by atoms with Gasteiger partial charge in [-0.2, -0.15) is 4.99 Å². The number of nitrogens with zero attached hydrogens (tertiary/aromatic N) is 1. The van der Waals surface area contributed by atoms with Crippen molar-refractivity contribution in [1.82, 2.24) is 0 Å². The van der Waals surface area contributed by atoms with Gasteiger partial charge in [0, 0.05) is 18.1 Å². The average molecular weight is 359 g/mol. The Kier molecular flexibility index (Phi) is 5.67. The van der Waals surface area contributed by atoms with Gasteiger partial charge in [0.1, 0.15) is 0 Å². The Morgan fingerprint density at radius 1 is 1.17 bits per heavy atom. The van der Waals surface area contributed by atoms with Crippen molar-refractivity contribution in [3.05, 3.63) is 35.4 Å². The summed E-state index contributed by atoms with van der Waals surface area (Å²) in [6.45, 7) is 0. The second kappa shape index (κ2) is 6.92. The van der Waals surface area contributed by atoms with Gasteiger partial charge in [0.25, 0.3) is 5.91 Å². The Morgan fingerprint density at radius 3 is 2.26 bits per heavy atom. The number of aliphatic imine (C=N–C) groups is 1. The van der Waals surface area contributed by atoms with Crippen LogP contribution < -0.4 is 11.5 Å². The van der Waals surface area contributed by atoms with Crippen molar-refractivity contribution in [1.29, 1.82) is 0 Å². The lowest BCUT2D eigenvalue weighted by Gasteiger charge is -2.06. The monoisotopic (exact) mass is 359 g/mol. The molecule has 0 aromatic heterocycles. The van der Waals surface area contributed by atoms with E-state index in [2.05, 4.69) is 4.99 Å². The zero-order valence-electron chi connectivity index (χ0n) is 12.6. The number of rotatable bonds is 5. The van der Waals surface area contributed by atoms with Gasteiger partial charge in [-0.05, 0) is 17.7 Å². The molecule has 1 aromatic carbocycles. The van der Waals surface area contributed by atoms with Crippen LogP contribution in [-0.4, -0.2) is 47.0 Å². The first-order valence-corrected chi connectivity index (χ1v) is 10.2. The van der Waals surface area contributed by atoms with Crippen LogP contribution >= 0.6 is 0 Å². The zero-order chi connectivity index (χ0) is 17.8. The fraction of sp³-hybridized carbons (Fsp3) is 0.231. The molecule has 0 saturated heterocycles. The summed E-state index contributed by atoms with van der Waals surface area (Å²) in [6, 6.07) is 3.87. The van der Waals surface area contributed by atoms with Crippen LogP contribution in [-0.2, 0) is 19.7 Å². The number of carbonyl (C=O) groups excluding carboxylic acids is 1. The molecule has 0 aliphatic carbocycles. The Balaban J connectivity index is 3.34. The lowest BCUT2D eigenvalue weighted by Crippen LogP contribution is -2.24. The summed E-state index contributed by atoms with van der Waals surface area (Å²) in [6.07, 6.45) is 4.74. The largest absolute Gasteiger partial charge is 0.370 e. The van der Waals surface area contributed by atoms with E-state index >= 15 is 0 Å². The lowest BCUT2D eigenvalue weighted by molar-refractivity contribution is 0.100. The van der Waals surface area contributed by atoms with Crippen LogP contribution in [0.5, 0.6) is 0 Å². The van der Waals surface area contributed by atoms with Gasteiger partial charge in [0.2, 0.25) is 0 Å². The number of guanidine groups is 1. The molecule has 126 valence electrons. The van der Waals surface area contributed by atoms with Crippen molar-refractivity contribution in [2.24, 2.45) is 16.5 Å². The minimum absolute atomic E-state index is 0.000844. The minimum atomic E-state index is -3.65. The summed E-state index contributed by atoms with van der Waals surface area (Å²) in [5.41, 5.74) is 10.5. The number of nitrogens with two attached hydrogens (primary N) is 2. The number of sulfone groups is 2. The van der Waals surface area contributed by atoms with Crippen LogP contribution in [0, 0.1) is 0 Å². The fourth-order valence-corrected chi connectivity index (χ4v) is 3.01. The van der Waals surface area contributed by atoms with Crippen molar-refractivity contribution in [3.8, 4) is 0 Å². The summed E-state index contributed by atoms with van der Waals surface area (Å²) in [4.78, 5) is 15.0. The van der Waals surface area contributed by atoms with Crippen molar-refractivity contribution in [3.63, 3.8) is 0 Å². The molecule has 0 atom stereocenters. The smallest absolute Gasteiger partial charge is 0.280 e. The van der Waals surface area contributed by atoms with Gasteiger partial charge in [-0.3, -0.25) is 4.79 Å². The fourth-order valence-electron chi connectivity index (χ4n) is 1.66. The van der Waals surface area contributed by atoms with E-state index in [1.54, 1.807) is 0 Å². The maximum atomic E-state index is 11.9. The van der Waals surface area contributed by atoms with Crippen LogP contribution in [0.2, 0.25) is 0 Å². The van der Waals surface area contributed by atoms with E-state index in [0.717, 1.165) is 18.6 Å². The molecule has 10 heteroatoms. The van der Waals surface area contributed by atoms with Gasteiger partial charge in [0.05, 0.1) is 10.6 Å². The molecular formula is C13H17N3O5S2. The highest BCUT2D eigenvalue weighted by Gasteiger charge is 2.15. The minimum Gasteiger partial charge on any atom is -0.370 e. The molecule has 0 saturated carbocycles. The molecule has 0 bridgehead atoms. The highest BCUT2D eigenvalue weighted by Crippen LogP contribution is 2.20. The van der Waals surface area contributed by atoms with Crippen molar-refractivity contribution in [2.75, 3.05) is 18.3 Å². The predicted molar refractivity (Wildman–Crippen MR) is 88.4 cm³/mol. The molecule has 0 spiro atoms. The first-order chi connectivity index (χ1) is 10.4. The molecule has 0 fully saturated rings. The van der Waals surface area contributed by atoms with Crippen LogP contribution in [0.3, 0.4) is 0 Å². The van der Waals surface area contributed by atoms with E-state index < -0.39 is 31.5 Å². The first-order valence-electron chi connectivity index (χ1n) is 6.22. The Hall–Kier alpha value is -2.20. The Morgan fingerprint density at radius 2 is 1.78 bits per heavy atom. The summed E-state index contributed by atoms with van der Waals surface area (Å²) in [5, 5.41) is 0. The molecule has 8 nitrogen and oxygen atoms in total. The highest BCUT2D eigenvalue weighted by atomic mass is 32.2. The second-order valence-electron chi connectivity index (χ2n) is 4.86. The quantitative estimate of drug-likeness (QED) is 0.534. The van der Waals surface area contributed by atoms with Gasteiger partial charge in [-0.25, -0.2) is 16.8 Å². The molecule has 0 aliphatic heterocycles. The molecule has 1 rings (SSSR count). The Bertz CT molecular complexity index is 880. The van der Waals surface area contributed by atoms with Crippen molar-refractivity contribution in [2.45, 2.75) is 4.90 Å². The lowest BCUT2D eigenvalue weighted by atomic mass is 10.1. The number of hydrogen-bond donors (Lipinski definition) is 2. The Labute approximate surface area is 134 Å². The molecule has 4 N–H and O–H groups in total. The molecule has 0 unspecified atom stereocenters. The van der Waals surface area contributed by atoms with Crippen molar-refractivity contribution >= 4 is 37.6 Å². The van der Waals surface area contributed by atoms with Gasteiger partial charge in [-0.15, -0.1) is 0 Å². The maximum Gasteiger partial charge on any atom is 0.280 e. The number of hydrogen-bond acceptors (Lipinski definition) is 5. The molecule has 0 heterocycles. The first kappa shape index (κ1) is 18.8. The summed E-state index contributed by atoms with van der Waals surface area (Å²) in [7, 11) is -6.86. The SMILES string of the molecule is CS(=O)(=O)CC=Cc1ccc(C(=O)N=C(N)N)cc1S(C)(=O)=O. The van der Waals surface area contributed by atoms with Gasteiger partial charge < -0.3 is 11.5 Å². The number of carbonyl (C=O) groups is 1. The van der Waals surface area contributed by atoms with Gasteiger partial charge in [-0.1, -0.05) is 18.2 Å². The van der Waals surface area contributed by atoms with Crippen LogP contribution in [0.25, 0.3) is 6.08 Å². The summed E-state index contributed by atoms with van der Waals surface area (Å²) in [5.74, 6) is -1.44. The molecular weight excluding hydrogens is 342 g/mol. The van der Waals surface area contributed by atoms with Crippen molar-refractivity contribution < 1.29 is 21.6 Å². The third-order valence-electron chi connectivity index (χ3n) is 2.59. The molecule has 1 amide bonds. The topological polar surface area (TPSA) is 150 Å². The molecule has 23 heavy (non-hydrogen) atoms. The number of amides is 1. The highest BCUT2D eigenvalue weighted by molar-refractivity contribution is 7.91. The molecule has 0 radical (unpaired) electrons. The van der Waals surface area contributed by atoms with E-state index in [1.165, 1.54) is 24.3 Å². The third-order valence-corrected chi connectivity index (χ3v) is 4.54. The van der Waals surface area contributed by atoms with E-state index in [0.29, 0.717) is 0 Å².